The van der Waals surface area contributed by atoms with Crippen LogP contribution < -0.4 is 0 Å². The van der Waals surface area contributed by atoms with E-state index in [1.54, 1.807) is 0 Å². The van der Waals surface area contributed by atoms with Crippen molar-refractivity contribution in [2.24, 2.45) is 21.7 Å². The second kappa shape index (κ2) is 4.35. The van der Waals surface area contributed by atoms with Crippen LogP contribution in [0.2, 0.25) is 0 Å². The summed E-state index contributed by atoms with van der Waals surface area (Å²) in [4.78, 5) is 0. The van der Waals surface area contributed by atoms with Crippen LogP contribution in [0, 0.1) is 21.7 Å². The molecular weight excluding hydrogens is 192 g/mol. The average Bonchev–Trinajstić information content (AvgIpc) is 2.14. The molecule has 1 unspecified atom stereocenters. The van der Waals surface area contributed by atoms with Gasteiger partial charge >= 0.3 is 0 Å². The summed E-state index contributed by atoms with van der Waals surface area (Å²) in [6.07, 6.45) is 2.48. The van der Waals surface area contributed by atoms with Gasteiger partial charge in [-0.15, -0.1) is 0 Å². The Morgan fingerprint density at radius 2 is 1.00 bits per heavy atom. The average molecular weight is 226 g/mol. The molecule has 98 valence electrons. The van der Waals surface area contributed by atoms with Crippen molar-refractivity contribution in [2.75, 3.05) is 0 Å². The maximum atomic E-state index is 2.48. The van der Waals surface area contributed by atoms with Crippen LogP contribution in [0.15, 0.2) is 0 Å². The van der Waals surface area contributed by atoms with Crippen LogP contribution in [0.3, 0.4) is 0 Å². The van der Waals surface area contributed by atoms with Crippen LogP contribution in [0.5, 0.6) is 0 Å². The summed E-state index contributed by atoms with van der Waals surface area (Å²) in [5.41, 5.74) is 1.42. The highest BCUT2D eigenvalue weighted by Crippen LogP contribution is 2.61. The van der Waals surface area contributed by atoms with Crippen molar-refractivity contribution >= 4 is 0 Å². The van der Waals surface area contributed by atoms with E-state index in [0.717, 1.165) is 0 Å². The van der Waals surface area contributed by atoms with E-state index in [4.69, 9.17) is 0 Å². The van der Waals surface area contributed by atoms with E-state index in [9.17, 15) is 0 Å². The van der Waals surface area contributed by atoms with Crippen molar-refractivity contribution in [2.45, 2.75) is 82.1 Å². The summed E-state index contributed by atoms with van der Waals surface area (Å²) in [6, 6.07) is 0. The Morgan fingerprint density at radius 3 is 1.19 bits per heavy atom. The molecule has 0 aromatic rings. The predicted octanol–water partition coefficient (Wildman–Crippen LogP) is 5.91. The van der Waals surface area contributed by atoms with Gasteiger partial charge in [-0.25, -0.2) is 0 Å². The van der Waals surface area contributed by atoms with E-state index in [1.807, 2.05) is 0 Å². The van der Waals surface area contributed by atoms with Crippen LogP contribution in [0.1, 0.15) is 82.1 Å². The predicted molar refractivity (Wildman–Crippen MR) is 75.7 cm³/mol. The highest BCUT2D eigenvalue weighted by molar-refractivity contribution is 5.02. The van der Waals surface area contributed by atoms with Crippen LogP contribution in [-0.2, 0) is 0 Å². The van der Waals surface area contributed by atoms with Gasteiger partial charge in [-0.3, -0.25) is 0 Å². The molecule has 0 heteroatoms. The Morgan fingerprint density at radius 1 is 0.625 bits per heavy atom. The van der Waals surface area contributed by atoms with Crippen molar-refractivity contribution in [1.29, 1.82) is 0 Å². The molecular formula is C16H34. The molecule has 0 bridgehead atoms. The summed E-state index contributed by atoms with van der Waals surface area (Å²) >= 11 is 0. The Hall–Kier alpha value is 0. The molecule has 0 heterocycles. The van der Waals surface area contributed by atoms with Crippen LogP contribution in [0.4, 0.5) is 0 Å². The van der Waals surface area contributed by atoms with Gasteiger partial charge < -0.3 is 0 Å². The minimum atomic E-state index is 0.335. The second-order valence-electron chi connectivity index (χ2n) is 7.80. The fourth-order valence-electron chi connectivity index (χ4n) is 3.10. The maximum Gasteiger partial charge on any atom is -0.0223 e. The molecule has 0 amide bonds. The van der Waals surface area contributed by atoms with Crippen molar-refractivity contribution in [3.8, 4) is 0 Å². The SMILES string of the molecule is CCC(C)(C)C(C)(C)C(C)(CC)C(C)(C)C. The first kappa shape index (κ1) is 16.0. The Bertz CT molecular complexity index is 227. The van der Waals surface area contributed by atoms with Gasteiger partial charge in [0.25, 0.3) is 0 Å². The quantitative estimate of drug-likeness (QED) is 0.559. The number of hydrogen-bond donors (Lipinski definition) is 0. The summed E-state index contributed by atoms with van der Waals surface area (Å²) in [6.45, 7) is 24.1. The van der Waals surface area contributed by atoms with Gasteiger partial charge in [0.2, 0.25) is 0 Å². The normalized spacial score (nSPS) is 18.4. The lowest BCUT2D eigenvalue weighted by Gasteiger charge is -2.59. The molecule has 0 N–H and O–H groups in total. The molecule has 0 saturated carbocycles. The Labute approximate surface area is 104 Å². The first-order valence-corrected chi connectivity index (χ1v) is 6.87. The van der Waals surface area contributed by atoms with E-state index in [2.05, 4.69) is 69.2 Å². The third-order valence-corrected chi connectivity index (χ3v) is 6.32. The van der Waals surface area contributed by atoms with E-state index < -0.39 is 0 Å². The molecule has 0 fully saturated rings. The molecule has 0 rings (SSSR count). The first-order chi connectivity index (χ1) is 6.87. The molecule has 0 saturated heterocycles. The highest BCUT2D eigenvalue weighted by atomic mass is 14.6. The van der Waals surface area contributed by atoms with Gasteiger partial charge in [0.05, 0.1) is 0 Å². The minimum Gasteiger partial charge on any atom is -0.0649 e. The molecule has 0 aromatic heterocycles. The molecule has 0 spiro atoms. The number of hydrogen-bond acceptors (Lipinski definition) is 0. The third kappa shape index (κ3) is 2.17. The van der Waals surface area contributed by atoms with Gasteiger partial charge in [-0.1, -0.05) is 75.7 Å². The largest absolute Gasteiger partial charge is 0.0649 e. The summed E-state index contributed by atoms with van der Waals surface area (Å²) in [5, 5.41) is 0. The van der Waals surface area contributed by atoms with Gasteiger partial charge in [-0.2, -0.15) is 0 Å². The zero-order chi connectivity index (χ0) is 13.4. The monoisotopic (exact) mass is 226 g/mol. The molecule has 0 aliphatic carbocycles. The topological polar surface area (TPSA) is 0 Å². The van der Waals surface area contributed by atoms with Gasteiger partial charge in [0, 0.05) is 0 Å². The van der Waals surface area contributed by atoms with E-state index in [1.165, 1.54) is 12.8 Å². The van der Waals surface area contributed by atoms with Gasteiger partial charge in [-0.05, 0) is 28.1 Å². The van der Waals surface area contributed by atoms with E-state index >= 15 is 0 Å². The molecule has 0 aliphatic heterocycles. The minimum absolute atomic E-state index is 0.335. The Kier molecular flexibility index (Phi) is 4.35. The third-order valence-electron chi connectivity index (χ3n) is 6.32. The van der Waals surface area contributed by atoms with E-state index in [0.29, 0.717) is 21.7 Å². The molecule has 1 atom stereocenters. The standard InChI is InChI=1S/C16H34/c1-11-14(6,7)15(8,9)16(10,12-2)13(3,4)5/h11-12H2,1-10H3. The summed E-state index contributed by atoms with van der Waals surface area (Å²) in [5.74, 6) is 0. The van der Waals surface area contributed by atoms with Gasteiger partial charge in [0.15, 0.2) is 0 Å². The zero-order valence-electron chi connectivity index (χ0n) is 13.4. The zero-order valence-corrected chi connectivity index (χ0v) is 13.4. The first-order valence-electron chi connectivity index (χ1n) is 6.87. The van der Waals surface area contributed by atoms with Crippen LogP contribution in [0.25, 0.3) is 0 Å². The summed E-state index contributed by atoms with van der Waals surface area (Å²) in [7, 11) is 0. The van der Waals surface area contributed by atoms with E-state index in [-0.39, 0.29) is 0 Å². The molecule has 0 nitrogen and oxygen atoms in total. The number of rotatable bonds is 4. The molecule has 0 aromatic carbocycles. The van der Waals surface area contributed by atoms with Crippen molar-refractivity contribution in [3.05, 3.63) is 0 Å². The fourth-order valence-corrected chi connectivity index (χ4v) is 3.10. The Balaban J connectivity index is 5.58. The lowest BCUT2D eigenvalue weighted by Crippen LogP contribution is -2.52. The molecule has 0 aliphatic rings. The highest BCUT2D eigenvalue weighted by Gasteiger charge is 2.53. The fraction of sp³-hybridized carbons (Fsp3) is 1.00. The van der Waals surface area contributed by atoms with Crippen molar-refractivity contribution in [1.82, 2.24) is 0 Å². The lowest BCUT2D eigenvalue weighted by atomic mass is 9.45. The molecule has 0 radical (unpaired) electrons. The summed E-state index contributed by atoms with van der Waals surface area (Å²) < 4.78 is 0. The second-order valence-corrected chi connectivity index (χ2v) is 7.80. The van der Waals surface area contributed by atoms with Crippen LogP contribution >= 0.6 is 0 Å². The van der Waals surface area contributed by atoms with Crippen molar-refractivity contribution in [3.63, 3.8) is 0 Å². The van der Waals surface area contributed by atoms with Gasteiger partial charge in [0.1, 0.15) is 0 Å². The smallest absolute Gasteiger partial charge is 0.0223 e. The van der Waals surface area contributed by atoms with Crippen molar-refractivity contribution < 1.29 is 0 Å². The maximum absolute atomic E-state index is 2.48. The van der Waals surface area contributed by atoms with Crippen LogP contribution in [-0.4, -0.2) is 0 Å². The lowest BCUT2D eigenvalue weighted by molar-refractivity contribution is -0.104. The molecule has 16 heavy (non-hydrogen) atoms.